The molecule has 0 aliphatic rings. The number of phenols is 1. The molecule has 0 radical (unpaired) electrons. The van der Waals surface area contributed by atoms with Gasteiger partial charge in [-0.15, -0.1) is 11.3 Å². The maximum Gasteiger partial charge on any atom is 0.134 e. The molecule has 4 rings (SSSR count). The molecule has 1 N–H and O–H groups in total. The van der Waals surface area contributed by atoms with Gasteiger partial charge in [0, 0.05) is 23.5 Å². The summed E-state index contributed by atoms with van der Waals surface area (Å²) in [4.78, 5) is 9.92. The molecule has 2 aromatic carbocycles. The third-order valence-electron chi connectivity index (χ3n) is 3.81. The minimum atomic E-state index is 0.0644. The maximum atomic E-state index is 9.99. The fraction of sp³-hybridized carbons (Fsp3) is 0. The highest BCUT2D eigenvalue weighted by atomic mass is 35.5. The number of hydrogen-bond acceptors (Lipinski definition) is 4. The number of halogens is 1. The summed E-state index contributed by atoms with van der Waals surface area (Å²) in [5.74, 6) is 0.0644. The van der Waals surface area contributed by atoms with Crippen molar-refractivity contribution in [1.82, 2.24) is 9.97 Å². The predicted molar refractivity (Wildman–Crippen MR) is 103 cm³/mol. The van der Waals surface area contributed by atoms with Gasteiger partial charge in [-0.2, -0.15) is 0 Å². The molecule has 0 atom stereocenters. The van der Waals surface area contributed by atoms with E-state index in [0.29, 0.717) is 5.02 Å². The van der Waals surface area contributed by atoms with Crippen molar-refractivity contribution in [3.63, 3.8) is 0 Å². The Kier molecular flexibility index (Phi) is 4.22. The smallest absolute Gasteiger partial charge is 0.134 e. The first-order valence-electron chi connectivity index (χ1n) is 7.68. The quantitative estimate of drug-likeness (QED) is 0.492. The number of pyridine rings is 1. The predicted octanol–water partition coefficient (Wildman–Crippen LogP) is 5.90. The van der Waals surface area contributed by atoms with E-state index in [0.717, 1.165) is 32.3 Å². The largest absolute Gasteiger partial charge is 0.506 e. The molecule has 0 spiro atoms. The van der Waals surface area contributed by atoms with Crippen LogP contribution < -0.4 is 0 Å². The van der Waals surface area contributed by atoms with Crippen molar-refractivity contribution in [2.75, 3.05) is 0 Å². The van der Waals surface area contributed by atoms with Crippen LogP contribution in [0, 0.1) is 0 Å². The van der Waals surface area contributed by atoms with E-state index in [4.69, 9.17) is 16.6 Å². The lowest BCUT2D eigenvalue weighted by Crippen LogP contribution is -1.83. The van der Waals surface area contributed by atoms with Crippen molar-refractivity contribution in [2.45, 2.75) is 0 Å². The second-order valence-corrected chi connectivity index (χ2v) is 6.87. The average Bonchev–Trinajstić information content (AvgIpc) is 3.11. The van der Waals surface area contributed by atoms with E-state index in [-0.39, 0.29) is 5.75 Å². The summed E-state index contributed by atoms with van der Waals surface area (Å²) < 4.78 is 0. The fourth-order valence-corrected chi connectivity index (χ4v) is 3.79. The van der Waals surface area contributed by atoms with Crippen LogP contribution in [0.1, 0.15) is 0 Å². The molecule has 0 aliphatic carbocycles. The zero-order valence-corrected chi connectivity index (χ0v) is 14.6. The number of rotatable bonds is 3. The molecule has 0 saturated carbocycles. The second kappa shape index (κ2) is 6.67. The molecule has 0 bridgehead atoms. The van der Waals surface area contributed by atoms with E-state index < -0.39 is 0 Å². The minimum Gasteiger partial charge on any atom is -0.506 e. The van der Waals surface area contributed by atoms with E-state index in [9.17, 15) is 5.11 Å². The molecule has 25 heavy (non-hydrogen) atoms. The van der Waals surface area contributed by atoms with Crippen molar-refractivity contribution >= 4 is 22.9 Å². The summed E-state index contributed by atoms with van der Waals surface area (Å²) >= 11 is 7.54. The van der Waals surface area contributed by atoms with Gasteiger partial charge in [0.05, 0.1) is 15.6 Å². The van der Waals surface area contributed by atoms with Gasteiger partial charge in [-0.1, -0.05) is 48.0 Å². The molecule has 0 fully saturated rings. The molecule has 4 aromatic rings. The van der Waals surface area contributed by atoms with Crippen LogP contribution in [0.4, 0.5) is 0 Å². The number of nitrogens with zero attached hydrogens (tertiary/aromatic N) is 2. The lowest BCUT2D eigenvalue weighted by atomic mass is 10.1. The number of aromatic hydroxyl groups is 1. The van der Waals surface area contributed by atoms with Crippen LogP contribution in [0.15, 0.2) is 73.1 Å². The van der Waals surface area contributed by atoms with E-state index >= 15 is 0 Å². The number of thiazole rings is 1. The number of benzene rings is 2. The van der Waals surface area contributed by atoms with Gasteiger partial charge in [-0.3, -0.25) is 4.98 Å². The van der Waals surface area contributed by atoms with Gasteiger partial charge >= 0.3 is 0 Å². The molecular formula is C20H13ClN2OS. The first-order valence-corrected chi connectivity index (χ1v) is 8.87. The Morgan fingerprint density at radius 3 is 2.32 bits per heavy atom. The molecule has 0 amide bonds. The number of phenolic OH excluding ortho intramolecular Hbond substituents is 1. The Bertz CT molecular complexity index is 1020. The van der Waals surface area contributed by atoms with Crippen LogP contribution in [0.3, 0.4) is 0 Å². The Morgan fingerprint density at radius 1 is 0.840 bits per heavy atom. The van der Waals surface area contributed by atoms with Crippen LogP contribution in [0.5, 0.6) is 5.75 Å². The summed E-state index contributed by atoms with van der Waals surface area (Å²) in [7, 11) is 0. The van der Waals surface area contributed by atoms with Crippen molar-refractivity contribution in [2.24, 2.45) is 0 Å². The Balaban J connectivity index is 1.92. The molecule has 3 nitrogen and oxygen atoms in total. The zero-order valence-electron chi connectivity index (χ0n) is 13.1. The summed E-state index contributed by atoms with van der Waals surface area (Å²) in [5.41, 5.74) is 3.80. The van der Waals surface area contributed by atoms with Crippen LogP contribution in [-0.2, 0) is 0 Å². The maximum absolute atomic E-state index is 9.99. The highest BCUT2D eigenvalue weighted by Crippen LogP contribution is 2.42. The fourth-order valence-electron chi connectivity index (χ4n) is 2.58. The lowest BCUT2D eigenvalue weighted by molar-refractivity contribution is 0.476. The normalized spacial score (nSPS) is 10.8. The lowest BCUT2D eigenvalue weighted by Gasteiger charge is -2.04. The Hall–Kier alpha value is -2.69. The van der Waals surface area contributed by atoms with Crippen LogP contribution in [0.2, 0.25) is 5.02 Å². The van der Waals surface area contributed by atoms with Gasteiger partial charge in [0.25, 0.3) is 0 Å². The monoisotopic (exact) mass is 364 g/mol. The summed E-state index contributed by atoms with van der Waals surface area (Å²) in [5, 5.41) is 11.3. The van der Waals surface area contributed by atoms with Gasteiger partial charge in [0.15, 0.2) is 0 Å². The van der Waals surface area contributed by atoms with E-state index in [2.05, 4.69) is 4.98 Å². The Labute approximate surface area is 154 Å². The summed E-state index contributed by atoms with van der Waals surface area (Å²) in [6.45, 7) is 0. The first kappa shape index (κ1) is 15.8. The first-order chi connectivity index (χ1) is 12.2. The van der Waals surface area contributed by atoms with E-state index in [1.54, 1.807) is 35.9 Å². The molecule has 2 heterocycles. The molecule has 0 unspecified atom stereocenters. The van der Waals surface area contributed by atoms with Gasteiger partial charge in [0.1, 0.15) is 10.8 Å². The van der Waals surface area contributed by atoms with Gasteiger partial charge in [0.2, 0.25) is 0 Å². The van der Waals surface area contributed by atoms with Gasteiger partial charge in [-0.25, -0.2) is 4.98 Å². The van der Waals surface area contributed by atoms with Crippen LogP contribution >= 0.6 is 22.9 Å². The molecule has 0 aliphatic heterocycles. The molecule has 2 aromatic heterocycles. The second-order valence-electron chi connectivity index (χ2n) is 5.46. The molecular weight excluding hydrogens is 352 g/mol. The van der Waals surface area contributed by atoms with Gasteiger partial charge in [-0.05, 0) is 29.8 Å². The highest BCUT2D eigenvalue weighted by Gasteiger charge is 2.17. The standard InChI is InChI=1S/C20H13ClN2OS/c21-16-7-6-15(12-17(16)24)19-18(13-8-10-22-11-9-13)23-20(25-19)14-4-2-1-3-5-14/h1-12,24H. The SMILES string of the molecule is Oc1cc(-c2sc(-c3ccccc3)nc2-c2ccncc2)ccc1Cl. The summed E-state index contributed by atoms with van der Waals surface area (Å²) in [6, 6.07) is 19.2. The summed E-state index contributed by atoms with van der Waals surface area (Å²) in [6.07, 6.45) is 3.50. The molecule has 122 valence electrons. The Morgan fingerprint density at radius 2 is 1.60 bits per heavy atom. The van der Waals surface area contributed by atoms with Crippen molar-refractivity contribution < 1.29 is 5.11 Å². The van der Waals surface area contributed by atoms with Crippen LogP contribution in [-0.4, -0.2) is 15.1 Å². The molecule has 5 heteroatoms. The minimum absolute atomic E-state index is 0.0644. The molecule has 0 saturated heterocycles. The van der Waals surface area contributed by atoms with Crippen LogP contribution in [0.25, 0.3) is 32.3 Å². The van der Waals surface area contributed by atoms with E-state index in [1.165, 1.54) is 0 Å². The number of hydrogen-bond donors (Lipinski definition) is 1. The van der Waals surface area contributed by atoms with Crippen molar-refractivity contribution in [3.8, 4) is 38.0 Å². The zero-order chi connectivity index (χ0) is 17.2. The average molecular weight is 365 g/mol. The number of aromatic nitrogens is 2. The third-order valence-corrected chi connectivity index (χ3v) is 5.28. The van der Waals surface area contributed by atoms with Crippen molar-refractivity contribution in [3.05, 3.63) is 78.1 Å². The topological polar surface area (TPSA) is 46.0 Å². The third kappa shape index (κ3) is 3.14. The van der Waals surface area contributed by atoms with Crippen molar-refractivity contribution in [1.29, 1.82) is 0 Å². The van der Waals surface area contributed by atoms with E-state index in [1.807, 2.05) is 48.5 Å². The van der Waals surface area contributed by atoms with Gasteiger partial charge < -0.3 is 5.11 Å². The highest BCUT2D eigenvalue weighted by molar-refractivity contribution is 7.19.